The van der Waals surface area contributed by atoms with E-state index < -0.39 is 11.0 Å². The third-order valence-corrected chi connectivity index (χ3v) is 10.6. The summed E-state index contributed by atoms with van der Waals surface area (Å²) >= 11 is 0. The fourth-order valence-electron chi connectivity index (χ4n) is 7.72. The lowest BCUT2D eigenvalue weighted by molar-refractivity contribution is -0.179. The van der Waals surface area contributed by atoms with E-state index in [2.05, 4.69) is 64.7 Å². The van der Waals surface area contributed by atoms with Crippen molar-refractivity contribution in [2.24, 2.45) is 23.2 Å². The van der Waals surface area contributed by atoms with Crippen molar-refractivity contribution in [3.8, 4) is 11.8 Å². The van der Waals surface area contributed by atoms with Gasteiger partial charge in [-0.2, -0.15) is 0 Å². The van der Waals surface area contributed by atoms with Crippen molar-refractivity contribution < 1.29 is 28.2 Å². The molecule has 1 saturated carbocycles. The second-order valence-corrected chi connectivity index (χ2v) is 16.3. The molecule has 6 heteroatoms. The number of carbonyl (C=O) groups excluding carboxylic acids is 2. The standard InChI is InChI=1S/C47H54O6/c1-33(2)24-39(25-34(3)4)18-20-40-28-47(53-44(40)48,31-50-30-38-10-7-6-8-11-38)32-51-45(49)46(22-9-23-46)29-42-27-41-26-37(19-21-43(41)52-42)17-16-36-14-12-35(5)13-15-36/h6-8,10-15,19-21,26-27,33-34,39H,9,18,22-25,28-32H2,1-5H3/b40-20+/t47-/m1/s1. The highest BCUT2D eigenvalue weighted by Gasteiger charge is 2.50. The Kier molecular flexibility index (Phi) is 12.3. The van der Waals surface area contributed by atoms with Gasteiger partial charge in [0.2, 0.25) is 0 Å². The molecule has 4 aromatic rings. The Bertz CT molecular complexity index is 1940. The number of hydrogen-bond donors (Lipinski definition) is 0. The Balaban J connectivity index is 1.14. The first-order valence-electron chi connectivity index (χ1n) is 19.3. The van der Waals surface area contributed by atoms with Crippen LogP contribution in [-0.2, 0) is 36.8 Å². The highest BCUT2D eigenvalue weighted by Crippen LogP contribution is 2.46. The average molecular weight is 715 g/mol. The van der Waals surface area contributed by atoms with E-state index in [4.69, 9.17) is 18.6 Å². The fourth-order valence-corrected chi connectivity index (χ4v) is 7.72. The number of furan rings is 1. The monoisotopic (exact) mass is 714 g/mol. The van der Waals surface area contributed by atoms with E-state index in [1.807, 2.05) is 66.7 Å². The quantitative estimate of drug-likeness (QED) is 0.0693. The van der Waals surface area contributed by atoms with Crippen molar-refractivity contribution in [1.82, 2.24) is 0 Å². The van der Waals surface area contributed by atoms with E-state index >= 15 is 0 Å². The second kappa shape index (κ2) is 17.0. The Labute approximate surface area is 315 Å². The van der Waals surface area contributed by atoms with Crippen LogP contribution in [0.3, 0.4) is 0 Å². The maximum absolute atomic E-state index is 14.0. The van der Waals surface area contributed by atoms with Gasteiger partial charge >= 0.3 is 11.9 Å². The minimum Gasteiger partial charge on any atom is -0.461 e. The number of cyclic esters (lactones) is 1. The second-order valence-electron chi connectivity index (χ2n) is 16.3. The molecule has 0 spiro atoms. The van der Waals surface area contributed by atoms with E-state index in [0.717, 1.165) is 59.1 Å². The summed E-state index contributed by atoms with van der Waals surface area (Å²) in [4.78, 5) is 27.3. The van der Waals surface area contributed by atoms with E-state index in [1.54, 1.807) is 0 Å². The van der Waals surface area contributed by atoms with Crippen LogP contribution < -0.4 is 0 Å². The summed E-state index contributed by atoms with van der Waals surface area (Å²) in [5.41, 5.74) is 3.73. The largest absolute Gasteiger partial charge is 0.461 e. The zero-order chi connectivity index (χ0) is 37.4. The Morgan fingerprint density at radius 3 is 2.26 bits per heavy atom. The van der Waals surface area contributed by atoms with Crippen molar-refractivity contribution in [3.05, 3.63) is 119 Å². The van der Waals surface area contributed by atoms with Gasteiger partial charge in [-0.05, 0) is 98.7 Å². The molecule has 2 fully saturated rings. The normalized spacial score (nSPS) is 18.7. The molecule has 0 amide bonds. The van der Waals surface area contributed by atoms with Gasteiger partial charge in [0.25, 0.3) is 0 Å². The Morgan fingerprint density at radius 1 is 0.887 bits per heavy atom. The lowest BCUT2D eigenvalue weighted by atomic mass is 9.66. The molecular weight excluding hydrogens is 661 g/mol. The first-order chi connectivity index (χ1) is 25.5. The van der Waals surface area contributed by atoms with E-state index in [9.17, 15) is 9.59 Å². The molecule has 1 saturated heterocycles. The molecule has 2 aliphatic rings. The summed E-state index contributed by atoms with van der Waals surface area (Å²) in [6.45, 7) is 11.5. The van der Waals surface area contributed by atoms with Crippen LogP contribution in [0.5, 0.6) is 0 Å². The maximum atomic E-state index is 14.0. The van der Waals surface area contributed by atoms with Gasteiger partial charge in [0.1, 0.15) is 18.0 Å². The molecule has 1 atom stereocenters. The van der Waals surface area contributed by atoms with Gasteiger partial charge in [-0.25, -0.2) is 4.79 Å². The van der Waals surface area contributed by atoms with Crippen LogP contribution in [0.4, 0.5) is 0 Å². The Hall–Kier alpha value is -4.60. The third kappa shape index (κ3) is 10.1. The third-order valence-electron chi connectivity index (χ3n) is 10.6. The van der Waals surface area contributed by atoms with Crippen LogP contribution in [0.15, 0.2) is 94.9 Å². The number of aryl methyl sites for hydroxylation is 1. The van der Waals surface area contributed by atoms with E-state index in [-0.39, 0.29) is 25.2 Å². The van der Waals surface area contributed by atoms with Crippen molar-refractivity contribution in [1.29, 1.82) is 0 Å². The summed E-state index contributed by atoms with van der Waals surface area (Å²) in [6.07, 6.45) is 8.26. The minimum atomic E-state index is -1.08. The highest BCUT2D eigenvalue weighted by atomic mass is 16.6. The van der Waals surface area contributed by atoms with Crippen molar-refractivity contribution in [3.63, 3.8) is 0 Å². The molecule has 2 heterocycles. The molecule has 1 aliphatic carbocycles. The van der Waals surface area contributed by atoms with Gasteiger partial charge in [0, 0.05) is 34.9 Å². The van der Waals surface area contributed by atoms with Gasteiger partial charge in [-0.1, -0.05) is 100 Å². The number of esters is 2. The number of carbonyl (C=O) groups is 2. The number of fused-ring (bicyclic) bond motifs is 1. The number of allylic oxidation sites excluding steroid dienone is 1. The number of ether oxygens (including phenoxy) is 3. The van der Waals surface area contributed by atoms with Gasteiger partial charge in [0.05, 0.1) is 18.6 Å². The van der Waals surface area contributed by atoms with Gasteiger partial charge < -0.3 is 18.6 Å². The molecule has 6 nitrogen and oxygen atoms in total. The molecule has 278 valence electrons. The molecule has 1 aliphatic heterocycles. The van der Waals surface area contributed by atoms with Gasteiger partial charge in [0.15, 0.2) is 5.60 Å². The Morgan fingerprint density at radius 2 is 1.58 bits per heavy atom. The summed E-state index contributed by atoms with van der Waals surface area (Å²) in [6, 6.07) is 26.0. The SMILES string of the molecule is Cc1ccc(C#Cc2ccc3oc(CC4(C(=O)OC[C@]5(COCc6ccccc6)C/C(=C\CC(CC(C)C)CC(C)C)C(=O)O5)CCC4)cc3c2)cc1. The zero-order valence-electron chi connectivity index (χ0n) is 32.0. The van der Waals surface area contributed by atoms with Gasteiger partial charge in [-0.15, -0.1) is 0 Å². The molecule has 0 radical (unpaired) electrons. The maximum Gasteiger partial charge on any atom is 0.334 e. The molecule has 53 heavy (non-hydrogen) atoms. The molecule has 0 N–H and O–H groups in total. The summed E-state index contributed by atoms with van der Waals surface area (Å²) in [5, 5.41) is 0.953. The van der Waals surface area contributed by atoms with E-state index in [1.165, 1.54) is 5.56 Å². The average Bonchev–Trinajstić information content (AvgIpc) is 3.66. The molecule has 0 unspecified atom stereocenters. The van der Waals surface area contributed by atoms with Crippen LogP contribution in [0.1, 0.15) is 101 Å². The van der Waals surface area contributed by atoms with Crippen LogP contribution in [0.25, 0.3) is 11.0 Å². The number of benzene rings is 3. The summed E-state index contributed by atoms with van der Waals surface area (Å²) in [7, 11) is 0. The molecular formula is C47H54O6. The van der Waals surface area contributed by atoms with Crippen molar-refractivity contribution >= 4 is 22.9 Å². The smallest absolute Gasteiger partial charge is 0.334 e. The lowest BCUT2D eigenvalue weighted by Gasteiger charge is -2.39. The molecule has 1 aromatic heterocycles. The fraction of sp³-hybridized carbons (Fsp3) is 0.447. The van der Waals surface area contributed by atoms with E-state index in [0.29, 0.717) is 55.6 Å². The van der Waals surface area contributed by atoms with Crippen molar-refractivity contribution in [2.75, 3.05) is 13.2 Å². The molecule has 6 rings (SSSR count). The highest BCUT2D eigenvalue weighted by molar-refractivity contribution is 5.91. The van der Waals surface area contributed by atoms with Gasteiger partial charge in [-0.3, -0.25) is 4.79 Å². The predicted molar refractivity (Wildman–Crippen MR) is 209 cm³/mol. The van der Waals surface area contributed by atoms with Crippen LogP contribution in [0.2, 0.25) is 0 Å². The zero-order valence-corrected chi connectivity index (χ0v) is 32.0. The van der Waals surface area contributed by atoms with Crippen molar-refractivity contribution in [2.45, 2.75) is 98.2 Å². The first kappa shape index (κ1) is 38.1. The number of hydrogen-bond acceptors (Lipinski definition) is 6. The number of rotatable bonds is 15. The van der Waals surface area contributed by atoms with Crippen LogP contribution in [0, 0.1) is 41.9 Å². The van der Waals surface area contributed by atoms with Crippen LogP contribution >= 0.6 is 0 Å². The first-order valence-corrected chi connectivity index (χ1v) is 19.3. The van der Waals surface area contributed by atoms with Crippen LogP contribution in [-0.4, -0.2) is 30.8 Å². The molecule has 0 bridgehead atoms. The lowest BCUT2D eigenvalue weighted by Crippen LogP contribution is -2.46. The minimum absolute atomic E-state index is 0.0595. The predicted octanol–water partition coefficient (Wildman–Crippen LogP) is 10.3. The topological polar surface area (TPSA) is 75.0 Å². The summed E-state index contributed by atoms with van der Waals surface area (Å²) < 4.78 is 24.6. The summed E-state index contributed by atoms with van der Waals surface area (Å²) in [5.74, 6) is 8.27. The molecule has 3 aromatic carbocycles.